The fourth-order valence-corrected chi connectivity index (χ4v) is 0.938. The van der Waals surface area contributed by atoms with Gasteiger partial charge in [-0.05, 0) is 33.1 Å². The summed E-state index contributed by atoms with van der Waals surface area (Å²) in [7, 11) is 0. The summed E-state index contributed by atoms with van der Waals surface area (Å²) in [6.45, 7) is 10.8. The Morgan fingerprint density at radius 1 is 1.17 bits per heavy atom. The lowest BCUT2D eigenvalue weighted by Crippen LogP contribution is -2.40. The Morgan fingerprint density at radius 2 is 1.72 bits per heavy atom. The van der Waals surface area contributed by atoms with Crippen LogP contribution >= 0.6 is 0 Å². The van der Waals surface area contributed by atoms with Gasteiger partial charge < -0.3 is 14.2 Å². The van der Waals surface area contributed by atoms with E-state index in [1.165, 1.54) is 13.8 Å². The Kier molecular flexibility index (Phi) is 6.73. The fourth-order valence-electron chi connectivity index (χ4n) is 0.938. The highest BCUT2D eigenvalue weighted by molar-refractivity contribution is 5.81. The van der Waals surface area contributed by atoms with Gasteiger partial charge in [-0.25, -0.2) is 9.59 Å². The van der Waals surface area contributed by atoms with Crippen LogP contribution < -0.4 is 0 Å². The van der Waals surface area contributed by atoms with Gasteiger partial charge in [0.25, 0.3) is 0 Å². The van der Waals surface area contributed by atoms with Crippen LogP contribution in [0, 0.1) is 5.92 Å². The predicted octanol–water partition coefficient (Wildman–Crippen LogP) is 2.92. The lowest BCUT2D eigenvalue weighted by atomic mass is 10.1. The predicted molar refractivity (Wildman–Crippen MR) is 67.2 cm³/mol. The molecule has 0 bridgehead atoms. The maximum Gasteiger partial charge on any atom is 0.509 e. The van der Waals surface area contributed by atoms with Gasteiger partial charge in [0.05, 0.1) is 6.61 Å². The van der Waals surface area contributed by atoms with Crippen molar-refractivity contribution in [2.45, 2.75) is 59.7 Å². The van der Waals surface area contributed by atoms with Crippen LogP contribution in [0.4, 0.5) is 4.79 Å². The lowest BCUT2D eigenvalue weighted by molar-refractivity contribution is -0.165. The molecule has 0 spiro atoms. The van der Waals surface area contributed by atoms with Gasteiger partial charge in [0.2, 0.25) is 5.60 Å². The van der Waals surface area contributed by atoms with Crippen molar-refractivity contribution in [2.75, 3.05) is 6.61 Å². The van der Waals surface area contributed by atoms with Crippen molar-refractivity contribution in [3.63, 3.8) is 0 Å². The summed E-state index contributed by atoms with van der Waals surface area (Å²) < 4.78 is 14.9. The maximum absolute atomic E-state index is 11.7. The van der Waals surface area contributed by atoms with Crippen molar-refractivity contribution in [1.29, 1.82) is 0 Å². The van der Waals surface area contributed by atoms with Crippen molar-refractivity contribution in [3.05, 3.63) is 0 Å². The zero-order valence-corrected chi connectivity index (χ0v) is 12.1. The van der Waals surface area contributed by atoms with E-state index >= 15 is 0 Å². The number of hydrogen-bond donors (Lipinski definition) is 0. The molecule has 1 atom stereocenters. The van der Waals surface area contributed by atoms with Gasteiger partial charge in [-0.15, -0.1) is 0 Å². The standard InChI is InChI=1S/C13H24O5/c1-7-10(4)17-12(15)18-13(5,6)11(14)16-8-9(2)3/h9-10H,7-8H2,1-6H3. The fraction of sp³-hybridized carbons (Fsp3) is 0.846. The van der Waals surface area contributed by atoms with E-state index in [9.17, 15) is 9.59 Å². The number of esters is 1. The molecule has 0 amide bonds. The van der Waals surface area contributed by atoms with Crippen LogP contribution in [0.25, 0.3) is 0 Å². The summed E-state index contributed by atoms with van der Waals surface area (Å²) >= 11 is 0. The molecule has 18 heavy (non-hydrogen) atoms. The second kappa shape index (κ2) is 7.24. The van der Waals surface area contributed by atoms with E-state index in [0.29, 0.717) is 13.0 Å². The van der Waals surface area contributed by atoms with Gasteiger partial charge in [-0.3, -0.25) is 0 Å². The summed E-state index contributed by atoms with van der Waals surface area (Å²) in [6, 6.07) is 0. The molecule has 0 aliphatic heterocycles. The van der Waals surface area contributed by atoms with Gasteiger partial charge >= 0.3 is 12.1 Å². The first-order valence-corrected chi connectivity index (χ1v) is 6.25. The van der Waals surface area contributed by atoms with Crippen molar-refractivity contribution in [1.82, 2.24) is 0 Å². The molecule has 0 aromatic rings. The van der Waals surface area contributed by atoms with E-state index in [1.54, 1.807) is 6.92 Å². The Labute approximate surface area is 109 Å². The van der Waals surface area contributed by atoms with E-state index < -0.39 is 17.7 Å². The molecule has 0 fully saturated rings. The minimum Gasteiger partial charge on any atom is -0.462 e. The monoisotopic (exact) mass is 260 g/mol. The van der Waals surface area contributed by atoms with Crippen LogP contribution in [-0.2, 0) is 19.0 Å². The average Bonchev–Trinajstić information content (AvgIpc) is 2.24. The van der Waals surface area contributed by atoms with Gasteiger partial charge in [-0.2, -0.15) is 0 Å². The number of carbonyl (C=O) groups is 2. The molecular formula is C13H24O5. The highest BCUT2D eigenvalue weighted by Gasteiger charge is 2.35. The summed E-state index contributed by atoms with van der Waals surface area (Å²) in [4.78, 5) is 23.1. The summed E-state index contributed by atoms with van der Waals surface area (Å²) in [5.74, 6) is -0.339. The zero-order valence-electron chi connectivity index (χ0n) is 12.1. The number of hydrogen-bond acceptors (Lipinski definition) is 5. The summed E-state index contributed by atoms with van der Waals surface area (Å²) in [6.07, 6.45) is -0.399. The van der Waals surface area contributed by atoms with E-state index in [-0.39, 0.29) is 12.0 Å². The molecule has 0 aromatic carbocycles. The Bertz CT molecular complexity index is 283. The average molecular weight is 260 g/mol. The highest BCUT2D eigenvalue weighted by atomic mass is 16.7. The van der Waals surface area contributed by atoms with E-state index in [2.05, 4.69) is 0 Å². The number of carbonyl (C=O) groups excluding carboxylic acids is 2. The molecule has 5 heteroatoms. The third-order valence-electron chi connectivity index (χ3n) is 2.25. The number of rotatable bonds is 6. The lowest BCUT2D eigenvalue weighted by Gasteiger charge is -2.23. The molecule has 1 unspecified atom stereocenters. The quantitative estimate of drug-likeness (QED) is 0.687. The largest absolute Gasteiger partial charge is 0.509 e. The molecule has 0 saturated carbocycles. The molecule has 0 rings (SSSR count). The molecule has 0 N–H and O–H groups in total. The molecule has 0 aromatic heterocycles. The van der Waals surface area contributed by atoms with Gasteiger partial charge in [-0.1, -0.05) is 20.8 Å². The molecule has 0 radical (unpaired) electrons. The van der Waals surface area contributed by atoms with Crippen LogP contribution in [0.2, 0.25) is 0 Å². The molecule has 0 aliphatic rings. The molecular weight excluding hydrogens is 236 g/mol. The molecule has 5 nitrogen and oxygen atoms in total. The number of ether oxygens (including phenoxy) is 3. The van der Waals surface area contributed by atoms with Crippen molar-refractivity contribution in [2.24, 2.45) is 5.92 Å². The maximum atomic E-state index is 11.7. The molecule has 0 heterocycles. The second-order valence-electron chi connectivity index (χ2n) is 5.19. The van der Waals surface area contributed by atoms with Crippen molar-refractivity contribution < 1.29 is 23.8 Å². The SMILES string of the molecule is CCC(C)OC(=O)OC(C)(C)C(=O)OCC(C)C. The summed E-state index contributed by atoms with van der Waals surface area (Å²) in [5.41, 5.74) is -1.33. The third-order valence-corrected chi connectivity index (χ3v) is 2.25. The van der Waals surface area contributed by atoms with Crippen LogP contribution in [0.15, 0.2) is 0 Å². The van der Waals surface area contributed by atoms with E-state index in [1.807, 2.05) is 20.8 Å². The minimum atomic E-state index is -1.33. The molecule has 106 valence electrons. The minimum absolute atomic E-state index is 0.233. The molecule has 0 aliphatic carbocycles. The second-order valence-corrected chi connectivity index (χ2v) is 5.19. The van der Waals surface area contributed by atoms with Gasteiger partial charge in [0.15, 0.2) is 0 Å². The van der Waals surface area contributed by atoms with E-state index in [0.717, 1.165) is 0 Å². The first-order valence-electron chi connectivity index (χ1n) is 6.25. The van der Waals surface area contributed by atoms with Crippen LogP contribution in [0.5, 0.6) is 0 Å². The first kappa shape index (κ1) is 16.7. The zero-order chi connectivity index (χ0) is 14.3. The topological polar surface area (TPSA) is 61.8 Å². The van der Waals surface area contributed by atoms with Gasteiger partial charge in [0, 0.05) is 0 Å². The normalized spacial score (nSPS) is 13.1. The van der Waals surface area contributed by atoms with Crippen molar-refractivity contribution >= 4 is 12.1 Å². The summed E-state index contributed by atoms with van der Waals surface area (Å²) in [5, 5.41) is 0. The Balaban J connectivity index is 4.27. The highest BCUT2D eigenvalue weighted by Crippen LogP contribution is 2.14. The van der Waals surface area contributed by atoms with Gasteiger partial charge in [0.1, 0.15) is 6.10 Å². The van der Waals surface area contributed by atoms with Crippen LogP contribution in [0.1, 0.15) is 48.0 Å². The third kappa shape index (κ3) is 6.47. The van der Waals surface area contributed by atoms with Crippen LogP contribution in [-0.4, -0.2) is 30.4 Å². The Hall–Kier alpha value is -1.26. The van der Waals surface area contributed by atoms with Crippen molar-refractivity contribution in [3.8, 4) is 0 Å². The van der Waals surface area contributed by atoms with E-state index in [4.69, 9.17) is 14.2 Å². The molecule has 0 saturated heterocycles. The van der Waals surface area contributed by atoms with Crippen LogP contribution in [0.3, 0.4) is 0 Å². The smallest absolute Gasteiger partial charge is 0.462 e. The Morgan fingerprint density at radius 3 is 2.17 bits per heavy atom. The first-order chi connectivity index (χ1) is 8.19.